The third-order valence-electron chi connectivity index (χ3n) is 3.37. The highest BCUT2D eigenvalue weighted by atomic mass is 16.5. The van der Waals surface area contributed by atoms with Gasteiger partial charge in [0.05, 0.1) is 6.61 Å². The van der Waals surface area contributed by atoms with Crippen LogP contribution in [0.15, 0.2) is 0 Å². The Hall–Kier alpha value is -0.120. The van der Waals surface area contributed by atoms with Crippen LogP contribution in [-0.4, -0.2) is 38.0 Å². The zero-order valence-corrected chi connectivity index (χ0v) is 10.8. The van der Waals surface area contributed by atoms with Crippen LogP contribution in [0.5, 0.6) is 0 Å². The molecule has 16 heavy (non-hydrogen) atoms. The van der Waals surface area contributed by atoms with Crippen molar-refractivity contribution in [2.75, 3.05) is 32.9 Å². The monoisotopic (exact) mass is 229 g/mol. The lowest BCUT2D eigenvalue weighted by Crippen LogP contribution is -2.36. The van der Waals surface area contributed by atoms with Crippen LogP contribution in [0.25, 0.3) is 0 Å². The van der Waals surface area contributed by atoms with E-state index in [1.54, 1.807) is 0 Å². The molecule has 0 aromatic heterocycles. The van der Waals surface area contributed by atoms with Gasteiger partial charge in [-0.2, -0.15) is 0 Å². The van der Waals surface area contributed by atoms with Gasteiger partial charge in [-0.25, -0.2) is 0 Å². The highest BCUT2D eigenvalue weighted by molar-refractivity contribution is 4.85. The summed E-state index contributed by atoms with van der Waals surface area (Å²) in [5.74, 6) is 0.610. The molecule has 3 heteroatoms. The summed E-state index contributed by atoms with van der Waals surface area (Å²) >= 11 is 0. The van der Waals surface area contributed by atoms with Gasteiger partial charge in [-0.05, 0) is 18.8 Å². The Kier molecular flexibility index (Phi) is 6.32. The molecule has 1 saturated carbocycles. The van der Waals surface area contributed by atoms with Crippen LogP contribution in [0.4, 0.5) is 0 Å². The molecule has 1 fully saturated rings. The van der Waals surface area contributed by atoms with Crippen LogP contribution in [0.3, 0.4) is 0 Å². The standard InChI is InChI=1S/C13H27NO2/c1-12(2)9-16-8-7-14-10-13(11-15)5-3-4-6-13/h12,14-15H,3-11H2,1-2H3. The number of nitrogens with one attached hydrogen (secondary N) is 1. The zero-order valence-electron chi connectivity index (χ0n) is 10.8. The Balaban J connectivity index is 2.01. The Morgan fingerprint density at radius 1 is 1.31 bits per heavy atom. The second-order valence-corrected chi connectivity index (χ2v) is 5.51. The zero-order chi connectivity index (χ0) is 11.9. The number of ether oxygens (including phenoxy) is 1. The molecule has 0 radical (unpaired) electrons. The SMILES string of the molecule is CC(C)COCCNCC1(CO)CCCC1. The van der Waals surface area contributed by atoms with E-state index in [4.69, 9.17) is 4.74 Å². The van der Waals surface area contributed by atoms with E-state index in [0.717, 1.165) is 26.3 Å². The molecule has 1 aliphatic rings. The minimum atomic E-state index is 0.165. The molecule has 0 bridgehead atoms. The van der Waals surface area contributed by atoms with Crippen LogP contribution in [0.1, 0.15) is 39.5 Å². The molecular formula is C13H27NO2. The fraction of sp³-hybridized carbons (Fsp3) is 1.00. The molecule has 0 unspecified atom stereocenters. The first-order valence-corrected chi connectivity index (χ1v) is 6.58. The van der Waals surface area contributed by atoms with Crippen molar-refractivity contribution in [2.45, 2.75) is 39.5 Å². The van der Waals surface area contributed by atoms with E-state index in [9.17, 15) is 5.11 Å². The topological polar surface area (TPSA) is 41.5 Å². The molecule has 0 aromatic carbocycles. The quantitative estimate of drug-likeness (QED) is 0.624. The van der Waals surface area contributed by atoms with Crippen LogP contribution < -0.4 is 5.32 Å². The predicted octanol–water partition coefficient (Wildman–Crippen LogP) is 1.80. The van der Waals surface area contributed by atoms with Crippen molar-refractivity contribution in [1.29, 1.82) is 0 Å². The maximum Gasteiger partial charge on any atom is 0.0591 e. The van der Waals surface area contributed by atoms with Crippen LogP contribution in [0, 0.1) is 11.3 Å². The van der Waals surface area contributed by atoms with Crippen molar-refractivity contribution in [3.05, 3.63) is 0 Å². The van der Waals surface area contributed by atoms with Crippen LogP contribution >= 0.6 is 0 Å². The van der Waals surface area contributed by atoms with Crippen molar-refractivity contribution in [3.8, 4) is 0 Å². The molecule has 0 atom stereocenters. The first-order chi connectivity index (χ1) is 7.68. The second-order valence-electron chi connectivity index (χ2n) is 5.51. The summed E-state index contributed by atoms with van der Waals surface area (Å²) in [6.45, 7) is 8.10. The normalized spacial score (nSPS) is 19.5. The average molecular weight is 229 g/mol. The molecule has 1 rings (SSSR count). The van der Waals surface area contributed by atoms with Crippen molar-refractivity contribution in [2.24, 2.45) is 11.3 Å². The Labute approximate surface area is 99.6 Å². The number of hydrogen-bond donors (Lipinski definition) is 2. The Morgan fingerprint density at radius 3 is 2.56 bits per heavy atom. The van der Waals surface area contributed by atoms with Crippen LogP contribution in [0.2, 0.25) is 0 Å². The minimum Gasteiger partial charge on any atom is -0.396 e. The number of aliphatic hydroxyl groups excluding tert-OH is 1. The third kappa shape index (κ3) is 4.81. The molecule has 0 amide bonds. The van der Waals surface area contributed by atoms with Crippen molar-refractivity contribution in [1.82, 2.24) is 5.32 Å². The molecule has 0 saturated heterocycles. The van der Waals surface area contributed by atoms with E-state index in [1.165, 1.54) is 25.7 Å². The van der Waals surface area contributed by atoms with Crippen LogP contribution in [-0.2, 0) is 4.74 Å². The highest BCUT2D eigenvalue weighted by Crippen LogP contribution is 2.36. The van der Waals surface area contributed by atoms with Gasteiger partial charge >= 0.3 is 0 Å². The van der Waals surface area contributed by atoms with Gasteiger partial charge in [0, 0.05) is 31.7 Å². The van der Waals surface area contributed by atoms with E-state index >= 15 is 0 Å². The van der Waals surface area contributed by atoms with E-state index in [0.29, 0.717) is 12.5 Å². The maximum absolute atomic E-state index is 9.42. The summed E-state index contributed by atoms with van der Waals surface area (Å²) in [5.41, 5.74) is 0.165. The molecule has 1 aliphatic carbocycles. The van der Waals surface area contributed by atoms with Gasteiger partial charge in [0.25, 0.3) is 0 Å². The fourth-order valence-corrected chi connectivity index (χ4v) is 2.33. The first-order valence-electron chi connectivity index (χ1n) is 6.58. The maximum atomic E-state index is 9.42. The summed E-state index contributed by atoms with van der Waals surface area (Å²) in [6, 6.07) is 0. The van der Waals surface area contributed by atoms with Crippen molar-refractivity contribution in [3.63, 3.8) is 0 Å². The summed E-state index contributed by atoms with van der Waals surface area (Å²) < 4.78 is 5.50. The van der Waals surface area contributed by atoms with E-state index in [1.807, 2.05) is 0 Å². The lowest BCUT2D eigenvalue weighted by Gasteiger charge is -2.26. The average Bonchev–Trinajstić information content (AvgIpc) is 2.72. The van der Waals surface area contributed by atoms with E-state index in [2.05, 4.69) is 19.2 Å². The lowest BCUT2D eigenvalue weighted by molar-refractivity contribution is 0.0998. The summed E-state index contributed by atoms with van der Waals surface area (Å²) in [5, 5.41) is 12.8. The first kappa shape index (κ1) is 13.9. The molecule has 0 aliphatic heterocycles. The summed E-state index contributed by atoms with van der Waals surface area (Å²) in [7, 11) is 0. The van der Waals surface area contributed by atoms with Gasteiger partial charge < -0.3 is 15.2 Å². The summed E-state index contributed by atoms with van der Waals surface area (Å²) in [6.07, 6.45) is 4.88. The van der Waals surface area contributed by atoms with Gasteiger partial charge in [0.2, 0.25) is 0 Å². The molecule has 0 spiro atoms. The Morgan fingerprint density at radius 2 is 2.00 bits per heavy atom. The second kappa shape index (κ2) is 7.25. The van der Waals surface area contributed by atoms with Gasteiger partial charge in [0.15, 0.2) is 0 Å². The van der Waals surface area contributed by atoms with Crippen molar-refractivity contribution < 1.29 is 9.84 Å². The highest BCUT2D eigenvalue weighted by Gasteiger charge is 2.32. The lowest BCUT2D eigenvalue weighted by atomic mass is 9.87. The van der Waals surface area contributed by atoms with Gasteiger partial charge in [-0.1, -0.05) is 26.7 Å². The predicted molar refractivity (Wildman–Crippen MR) is 66.5 cm³/mol. The number of hydrogen-bond acceptors (Lipinski definition) is 3. The van der Waals surface area contributed by atoms with E-state index < -0.39 is 0 Å². The fourth-order valence-electron chi connectivity index (χ4n) is 2.33. The van der Waals surface area contributed by atoms with E-state index in [-0.39, 0.29) is 5.41 Å². The minimum absolute atomic E-state index is 0.165. The smallest absolute Gasteiger partial charge is 0.0591 e. The number of rotatable bonds is 8. The summed E-state index contributed by atoms with van der Waals surface area (Å²) in [4.78, 5) is 0. The molecular weight excluding hydrogens is 202 g/mol. The van der Waals surface area contributed by atoms with Gasteiger partial charge in [-0.3, -0.25) is 0 Å². The molecule has 96 valence electrons. The molecule has 0 heterocycles. The van der Waals surface area contributed by atoms with Gasteiger partial charge in [0.1, 0.15) is 0 Å². The van der Waals surface area contributed by atoms with Gasteiger partial charge in [-0.15, -0.1) is 0 Å². The third-order valence-corrected chi connectivity index (χ3v) is 3.37. The largest absolute Gasteiger partial charge is 0.396 e. The molecule has 2 N–H and O–H groups in total. The molecule has 3 nitrogen and oxygen atoms in total. The number of aliphatic hydroxyl groups is 1. The molecule has 0 aromatic rings. The Bertz CT molecular complexity index is 177. The van der Waals surface area contributed by atoms with Crippen molar-refractivity contribution >= 4 is 0 Å².